The van der Waals surface area contributed by atoms with Gasteiger partial charge in [-0.25, -0.2) is 0 Å². The molecule has 0 saturated carbocycles. The van der Waals surface area contributed by atoms with Gasteiger partial charge in [-0.3, -0.25) is 0 Å². The quantitative estimate of drug-likeness (QED) is 0.508. The zero-order chi connectivity index (χ0) is 7.61. The summed E-state index contributed by atoms with van der Waals surface area (Å²) in [6.45, 7) is 9.10. The van der Waals surface area contributed by atoms with Crippen LogP contribution >= 0.6 is 0 Å². The predicted octanol–water partition coefficient (Wildman–Crippen LogP) is 2.38. The Bertz CT molecular complexity index is 131. The highest BCUT2D eigenvalue weighted by atomic mass is 16.5. The molecule has 0 amide bonds. The fourth-order valence-corrected chi connectivity index (χ4v) is 1.50. The SMILES string of the molecule is C=C[C@]1(C)CCO[C@@H](C)C1. The van der Waals surface area contributed by atoms with Gasteiger partial charge in [0.15, 0.2) is 0 Å². The molecule has 1 heterocycles. The van der Waals surface area contributed by atoms with Crippen molar-refractivity contribution < 1.29 is 4.74 Å². The lowest BCUT2D eigenvalue weighted by atomic mass is 9.80. The van der Waals surface area contributed by atoms with Crippen molar-refractivity contribution in [2.24, 2.45) is 5.41 Å². The van der Waals surface area contributed by atoms with Crippen molar-refractivity contribution in [3.63, 3.8) is 0 Å². The van der Waals surface area contributed by atoms with Crippen LogP contribution in [0.2, 0.25) is 0 Å². The molecule has 0 aliphatic carbocycles. The maximum absolute atomic E-state index is 5.43. The first kappa shape index (κ1) is 7.80. The fraction of sp³-hybridized carbons (Fsp3) is 0.778. The maximum Gasteiger partial charge on any atom is 0.0555 e. The van der Waals surface area contributed by atoms with E-state index in [9.17, 15) is 0 Å². The van der Waals surface area contributed by atoms with E-state index in [2.05, 4.69) is 26.5 Å². The van der Waals surface area contributed by atoms with Crippen LogP contribution in [0.25, 0.3) is 0 Å². The van der Waals surface area contributed by atoms with E-state index in [-0.39, 0.29) is 0 Å². The van der Waals surface area contributed by atoms with Gasteiger partial charge in [0, 0.05) is 6.61 Å². The average molecular weight is 140 g/mol. The minimum Gasteiger partial charge on any atom is -0.378 e. The van der Waals surface area contributed by atoms with Crippen molar-refractivity contribution in [1.82, 2.24) is 0 Å². The topological polar surface area (TPSA) is 9.23 Å². The van der Waals surface area contributed by atoms with Gasteiger partial charge in [-0.2, -0.15) is 0 Å². The van der Waals surface area contributed by atoms with Gasteiger partial charge in [0.1, 0.15) is 0 Å². The van der Waals surface area contributed by atoms with Gasteiger partial charge < -0.3 is 4.74 Å². The molecule has 0 bridgehead atoms. The molecule has 2 atom stereocenters. The molecule has 0 N–H and O–H groups in total. The van der Waals surface area contributed by atoms with Gasteiger partial charge in [0.05, 0.1) is 6.10 Å². The Kier molecular flexibility index (Phi) is 2.14. The molecule has 58 valence electrons. The molecule has 0 spiro atoms. The largest absolute Gasteiger partial charge is 0.378 e. The third kappa shape index (κ3) is 1.60. The summed E-state index contributed by atoms with van der Waals surface area (Å²) in [5.74, 6) is 0. The van der Waals surface area contributed by atoms with Crippen LogP contribution in [0.4, 0.5) is 0 Å². The Morgan fingerprint density at radius 3 is 2.80 bits per heavy atom. The molecule has 1 aliphatic rings. The molecular formula is C9H16O. The summed E-state index contributed by atoms with van der Waals surface area (Å²) in [4.78, 5) is 0. The van der Waals surface area contributed by atoms with Crippen molar-refractivity contribution in [2.75, 3.05) is 6.61 Å². The molecular weight excluding hydrogens is 124 g/mol. The third-order valence-electron chi connectivity index (χ3n) is 2.32. The predicted molar refractivity (Wildman–Crippen MR) is 43.0 cm³/mol. The third-order valence-corrected chi connectivity index (χ3v) is 2.32. The van der Waals surface area contributed by atoms with Gasteiger partial charge >= 0.3 is 0 Å². The van der Waals surface area contributed by atoms with Crippen LogP contribution in [0.1, 0.15) is 26.7 Å². The number of hydrogen-bond donors (Lipinski definition) is 0. The maximum atomic E-state index is 5.43. The highest BCUT2D eigenvalue weighted by Crippen LogP contribution is 2.33. The van der Waals surface area contributed by atoms with E-state index >= 15 is 0 Å². The van der Waals surface area contributed by atoms with Crippen LogP contribution in [-0.4, -0.2) is 12.7 Å². The lowest BCUT2D eigenvalue weighted by Gasteiger charge is -2.34. The molecule has 1 saturated heterocycles. The molecule has 1 fully saturated rings. The first-order valence-corrected chi connectivity index (χ1v) is 3.91. The van der Waals surface area contributed by atoms with E-state index < -0.39 is 0 Å². The minimum atomic E-state index is 0.331. The van der Waals surface area contributed by atoms with E-state index in [1.165, 1.54) is 0 Å². The molecule has 1 nitrogen and oxygen atoms in total. The fourth-order valence-electron chi connectivity index (χ4n) is 1.50. The minimum absolute atomic E-state index is 0.331. The molecule has 0 radical (unpaired) electrons. The zero-order valence-corrected chi connectivity index (χ0v) is 6.89. The molecule has 0 aromatic heterocycles. The second-order valence-corrected chi connectivity index (χ2v) is 3.49. The lowest BCUT2D eigenvalue weighted by Crippen LogP contribution is -2.29. The van der Waals surface area contributed by atoms with Crippen LogP contribution in [0.15, 0.2) is 12.7 Å². The smallest absolute Gasteiger partial charge is 0.0555 e. The number of hydrogen-bond acceptors (Lipinski definition) is 1. The zero-order valence-electron chi connectivity index (χ0n) is 6.89. The van der Waals surface area contributed by atoms with Crippen LogP contribution in [0.3, 0.4) is 0 Å². The molecule has 1 heteroatoms. The Hall–Kier alpha value is -0.300. The number of ether oxygens (including phenoxy) is 1. The average Bonchev–Trinajstić information content (AvgIpc) is 1.88. The van der Waals surface area contributed by atoms with E-state index in [1.54, 1.807) is 0 Å². The summed E-state index contributed by atoms with van der Waals surface area (Å²) in [5, 5.41) is 0. The van der Waals surface area contributed by atoms with Crippen LogP contribution in [0.5, 0.6) is 0 Å². The molecule has 0 aromatic rings. The van der Waals surface area contributed by atoms with Gasteiger partial charge in [0.2, 0.25) is 0 Å². The summed E-state index contributed by atoms with van der Waals surface area (Å²) in [6, 6.07) is 0. The Labute approximate surface area is 63.1 Å². The highest BCUT2D eigenvalue weighted by Gasteiger charge is 2.27. The van der Waals surface area contributed by atoms with Crippen LogP contribution < -0.4 is 0 Å². The summed E-state index contributed by atoms with van der Waals surface area (Å²) >= 11 is 0. The molecule has 0 unspecified atom stereocenters. The second-order valence-electron chi connectivity index (χ2n) is 3.49. The van der Waals surface area contributed by atoms with Crippen molar-refractivity contribution in [2.45, 2.75) is 32.8 Å². The van der Waals surface area contributed by atoms with Crippen molar-refractivity contribution >= 4 is 0 Å². The van der Waals surface area contributed by atoms with Gasteiger partial charge in [-0.15, -0.1) is 6.58 Å². The number of allylic oxidation sites excluding steroid dienone is 1. The van der Waals surface area contributed by atoms with Crippen molar-refractivity contribution in [1.29, 1.82) is 0 Å². The normalized spacial score (nSPS) is 41.2. The molecule has 0 aromatic carbocycles. The van der Waals surface area contributed by atoms with Gasteiger partial charge in [-0.1, -0.05) is 13.0 Å². The summed E-state index contributed by atoms with van der Waals surface area (Å²) < 4.78 is 5.43. The summed E-state index contributed by atoms with van der Waals surface area (Å²) in [7, 11) is 0. The highest BCUT2D eigenvalue weighted by molar-refractivity contribution is 4.94. The standard InChI is InChI=1S/C9H16O/c1-4-9(3)5-6-10-8(2)7-9/h4,8H,1,5-7H2,2-3H3/t8-,9+/m0/s1. The second kappa shape index (κ2) is 2.75. The summed E-state index contributed by atoms with van der Waals surface area (Å²) in [6.07, 6.45) is 4.72. The van der Waals surface area contributed by atoms with Crippen LogP contribution in [0, 0.1) is 5.41 Å². The molecule has 1 rings (SSSR count). The summed E-state index contributed by atoms with van der Waals surface area (Å²) in [5.41, 5.74) is 0.331. The Morgan fingerprint density at radius 2 is 2.40 bits per heavy atom. The molecule has 1 aliphatic heterocycles. The first-order chi connectivity index (χ1) is 4.66. The first-order valence-electron chi connectivity index (χ1n) is 3.91. The molecule has 10 heavy (non-hydrogen) atoms. The van der Waals surface area contributed by atoms with E-state index in [4.69, 9.17) is 4.74 Å². The van der Waals surface area contributed by atoms with E-state index in [0.717, 1.165) is 19.4 Å². The number of rotatable bonds is 1. The van der Waals surface area contributed by atoms with Crippen LogP contribution in [-0.2, 0) is 4.74 Å². The Balaban J connectivity index is 2.53. The Morgan fingerprint density at radius 1 is 1.70 bits per heavy atom. The van der Waals surface area contributed by atoms with Crippen molar-refractivity contribution in [3.8, 4) is 0 Å². The lowest BCUT2D eigenvalue weighted by molar-refractivity contribution is -0.0152. The monoisotopic (exact) mass is 140 g/mol. The van der Waals surface area contributed by atoms with Crippen molar-refractivity contribution in [3.05, 3.63) is 12.7 Å². The van der Waals surface area contributed by atoms with Gasteiger partial charge in [0.25, 0.3) is 0 Å². The van der Waals surface area contributed by atoms with E-state index in [1.807, 2.05) is 0 Å². The van der Waals surface area contributed by atoms with Gasteiger partial charge in [-0.05, 0) is 25.2 Å². The van der Waals surface area contributed by atoms with E-state index in [0.29, 0.717) is 11.5 Å².